The molecule has 6 rings (SSSR count). The van der Waals surface area contributed by atoms with Crippen LogP contribution in [0.15, 0.2) is 65.1 Å². The number of ether oxygens (including phenoxy) is 1. The molecule has 1 saturated carbocycles. The first-order valence-corrected chi connectivity index (χ1v) is 17.3. The minimum Gasteiger partial charge on any atom is -0.454 e. The standard InChI is InChI=1S/C33H23Br3Cl2N2O5/c1-15-29(38)26(36)10-20-23(33(44)45-14-28(41)17-2-6-18(37)7-3-17)13-27(39-30(15)20)16-4-8-19(9-5-16)40-31(42)21-11-24(34)25(35)12-22(21)32(40)43/h2-10,13,21-22,24-25H,11-12,14H2,1H3. The van der Waals surface area contributed by atoms with Gasteiger partial charge in [0.2, 0.25) is 11.8 Å². The van der Waals surface area contributed by atoms with Crippen LogP contribution in [0.5, 0.6) is 0 Å². The molecule has 1 aromatic heterocycles. The number of anilines is 1. The number of benzene rings is 3. The zero-order valence-electron chi connectivity index (χ0n) is 23.5. The number of carbonyl (C=O) groups excluding carboxylic acids is 4. The molecule has 0 N–H and O–H groups in total. The van der Waals surface area contributed by atoms with Gasteiger partial charge in [-0.1, -0.05) is 67.2 Å². The van der Waals surface area contributed by atoms with E-state index >= 15 is 0 Å². The van der Waals surface area contributed by atoms with E-state index in [1.807, 2.05) is 0 Å². The van der Waals surface area contributed by atoms with Crippen LogP contribution >= 0.6 is 71.0 Å². The van der Waals surface area contributed by atoms with Gasteiger partial charge >= 0.3 is 5.97 Å². The summed E-state index contributed by atoms with van der Waals surface area (Å²) in [5, 5.41) is 1.44. The number of ketones is 1. The quantitative estimate of drug-likeness (QED) is 0.0835. The highest BCUT2D eigenvalue weighted by Gasteiger charge is 2.52. The summed E-state index contributed by atoms with van der Waals surface area (Å²) in [5.41, 5.74) is 3.27. The minimum absolute atomic E-state index is 0.117. The van der Waals surface area contributed by atoms with Crippen LogP contribution in [0, 0.1) is 18.8 Å². The van der Waals surface area contributed by atoms with E-state index in [0.29, 0.717) is 66.3 Å². The summed E-state index contributed by atoms with van der Waals surface area (Å²) >= 11 is 23.1. The maximum Gasteiger partial charge on any atom is 0.339 e. The van der Waals surface area contributed by atoms with Crippen molar-refractivity contribution in [1.29, 1.82) is 0 Å². The van der Waals surface area contributed by atoms with Gasteiger partial charge in [-0.3, -0.25) is 19.3 Å². The zero-order chi connectivity index (χ0) is 32.2. The van der Waals surface area contributed by atoms with Crippen molar-refractivity contribution in [2.45, 2.75) is 29.4 Å². The second-order valence-corrected chi connectivity index (χ2v) is 15.1. The van der Waals surface area contributed by atoms with Gasteiger partial charge in [0.05, 0.1) is 39.3 Å². The van der Waals surface area contributed by atoms with Crippen LogP contribution in [-0.4, -0.2) is 44.8 Å². The van der Waals surface area contributed by atoms with Gasteiger partial charge in [-0.15, -0.1) is 0 Å². The number of amides is 2. The van der Waals surface area contributed by atoms with Crippen LogP contribution in [0.3, 0.4) is 0 Å². The lowest BCUT2D eigenvalue weighted by atomic mass is 9.81. The highest BCUT2D eigenvalue weighted by molar-refractivity contribution is 9.12. The largest absolute Gasteiger partial charge is 0.454 e. The first-order chi connectivity index (χ1) is 21.4. The molecule has 2 heterocycles. The molecule has 4 aromatic rings. The van der Waals surface area contributed by atoms with Crippen molar-refractivity contribution < 1.29 is 23.9 Å². The molecule has 2 amide bonds. The van der Waals surface area contributed by atoms with E-state index < -0.39 is 12.6 Å². The predicted octanol–water partition coefficient (Wildman–Crippen LogP) is 8.75. The molecule has 1 aliphatic carbocycles. The summed E-state index contributed by atoms with van der Waals surface area (Å²) in [7, 11) is 0. The Morgan fingerprint density at radius 1 is 0.933 bits per heavy atom. The van der Waals surface area contributed by atoms with Gasteiger partial charge in [-0.25, -0.2) is 9.78 Å². The molecule has 3 aromatic carbocycles. The number of Topliss-reactive ketones (excluding diaryl/α,β-unsaturated/α-hetero) is 1. The number of carbonyl (C=O) groups is 4. The van der Waals surface area contributed by atoms with E-state index in [0.717, 1.165) is 0 Å². The predicted molar refractivity (Wildman–Crippen MR) is 185 cm³/mol. The van der Waals surface area contributed by atoms with Crippen molar-refractivity contribution >= 4 is 111 Å². The number of halogens is 5. The fraction of sp³-hybridized carbons (Fsp3) is 0.242. The zero-order valence-corrected chi connectivity index (χ0v) is 29.8. The number of imide groups is 1. The fourth-order valence-electron chi connectivity index (χ4n) is 5.84. The summed E-state index contributed by atoms with van der Waals surface area (Å²) in [4.78, 5) is 59.1. The topological polar surface area (TPSA) is 93.6 Å². The molecule has 2 fully saturated rings. The Bertz CT molecular complexity index is 1860. The van der Waals surface area contributed by atoms with Crippen LogP contribution < -0.4 is 4.90 Å². The number of pyridine rings is 1. The van der Waals surface area contributed by atoms with E-state index in [-0.39, 0.29) is 44.7 Å². The highest BCUT2D eigenvalue weighted by Crippen LogP contribution is 2.44. The second kappa shape index (κ2) is 12.9. The molecule has 12 heteroatoms. The van der Waals surface area contributed by atoms with E-state index in [1.165, 1.54) is 4.90 Å². The average Bonchev–Trinajstić information content (AvgIpc) is 3.26. The van der Waals surface area contributed by atoms with Gasteiger partial charge in [0.25, 0.3) is 0 Å². The summed E-state index contributed by atoms with van der Waals surface area (Å²) in [6, 6.07) is 16.5. The first kappa shape index (κ1) is 32.3. The van der Waals surface area contributed by atoms with Gasteiger partial charge < -0.3 is 4.74 Å². The van der Waals surface area contributed by atoms with Crippen LogP contribution in [-0.2, 0) is 14.3 Å². The van der Waals surface area contributed by atoms with E-state index in [1.54, 1.807) is 67.6 Å². The summed E-state index contributed by atoms with van der Waals surface area (Å²) in [6.07, 6.45) is 1.17. The van der Waals surface area contributed by atoms with Crippen LogP contribution in [0.4, 0.5) is 5.69 Å². The number of esters is 1. The highest BCUT2D eigenvalue weighted by atomic mass is 79.9. The van der Waals surface area contributed by atoms with Crippen LogP contribution in [0.1, 0.15) is 39.1 Å². The van der Waals surface area contributed by atoms with Gasteiger partial charge in [-0.05, 0) is 89.8 Å². The minimum atomic E-state index is -0.706. The Morgan fingerprint density at radius 2 is 1.53 bits per heavy atom. The molecule has 2 aliphatic rings. The van der Waals surface area contributed by atoms with Crippen molar-refractivity contribution in [3.05, 3.63) is 91.9 Å². The molecule has 230 valence electrons. The SMILES string of the molecule is Cc1c(Cl)c(Br)cc2c(C(=O)OCC(=O)c3ccc(Cl)cc3)cc(-c3ccc(N4C(=O)C5CC(Br)C(Br)CC5C4=O)cc3)nc12. The molecule has 1 saturated heterocycles. The first-order valence-electron chi connectivity index (χ1n) is 14.0. The molecular weight excluding hydrogens is 815 g/mol. The lowest BCUT2D eigenvalue weighted by Gasteiger charge is -2.29. The molecule has 45 heavy (non-hydrogen) atoms. The third-order valence-electron chi connectivity index (χ3n) is 8.28. The van der Waals surface area contributed by atoms with E-state index in [9.17, 15) is 19.2 Å². The number of hydrogen-bond donors (Lipinski definition) is 0. The number of aryl methyl sites for hydroxylation is 1. The third kappa shape index (κ3) is 6.12. The second-order valence-electron chi connectivity index (χ2n) is 11.0. The number of aromatic nitrogens is 1. The molecule has 0 bridgehead atoms. The van der Waals surface area contributed by atoms with Crippen LogP contribution in [0.25, 0.3) is 22.2 Å². The Balaban J connectivity index is 1.32. The molecule has 1 aliphatic heterocycles. The van der Waals surface area contributed by atoms with Gasteiger partial charge in [0.1, 0.15) is 0 Å². The molecular formula is C33H23Br3Cl2N2O5. The maximum absolute atomic E-state index is 13.4. The van der Waals surface area contributed by atoms with Crippen molar-refractivity contribution in [3.63, 3.8) is 0 Å². The lowest BCUT2D eigenvalue weighted by Crippen LogP contribution is -2.34. The Hall–Kier alpha value is -2.63. The maximum atomic E-state index is 13.4. The molecule has 0 radical (unpaired) electrons. The Kier molecular flexibility index (Phi) is 9.24. The molecule has 0 spiro atoms. The summed E-state index contributed by atoms with van der Waals surface area (Å²) in [5.74, 6) is -2.19. The Labute approximate surface area is 294 Å². The van der Waals surface area contributed by atoms with Gasteiger partial charge in [-0.2, -0.15) is 0 Å². The lowest BCUT2D eigenvalue weighted by molar-refractivity contribution is -0.122. The monoisotopic (exact) mass is 834 g/mol. The molecule has 4 unspecified atom stereocenters. The van der Waals surface area contributed by atoms with Crippen molar-refractivity contribution in [1.82, 2.24) is 4.98 Å². The smallest absolute Gasteiger partial charge is 0.339 e. The molecule has 4 atom stereocenters. The normalized spacial score (nSPS) is 21.2. The number of nitrogens with zero attached hydrogens (tertiary/aromatic N) is 2. The van der Waals surface area contributed by atoms with Crippen molar-refractivity contribution in [2.24, 2.45) is 11.8 Å². The van der Waals surface area contributed by atoms with Crippen LogP contribution in [0.2, 0.25) is 10.0 Å². The van der Waals surface area contributed by atoms with Gasteiger partial charge in [0, 0.05) is 35.7 Å². The van der Waals surface area contributed by atoms with Crippen molar-refractivity contribution in [2.75, 3.05) is 11.5 Å². The van der Waals surface area contributed by atoms with Crippen molar-refractivity contribution in [3.8, 4) is 11.3 Å². The fourth-order valence-corrected chi connectivity index (χ4v) is 7.87. The van der Waals surface area contributed by atoms with Gasteiger partial charge in [0.15, 0.2) is 12.4 Å². The Morgan fingerprint density at radius 3 is 2.13 bits per heavy atom. The number of rotatable bonds is 6. The number of fused-ring (bicyclic) bond motifs is 2. The average molecular weight is 838 g/mol. The summed E-state index contributed by atoms with van der Waals surface area (Å²) in [6.45, 7) is 1.33. The third-order valence-corrected chi connectivity index (χ3v) is 12.6. The summed E-state index contributed by atoms with van der Waals surface area (Å²) < 4.78 is 6.05. The van der Waals surface area contributed by atoms with E-state index in [4.69, 9.17) is 32.9 Å². The number of hydrogen-bond acceptors (Lipinski definition) is 6. The number of alkyl halides is 2. The van der Waals surface area contributed by atoms with E-state index in [2.05, 4.69) is 47.8 Å². The molecule has 7 nitrogen and oxygen atoms in total.